The number of rotatable bonds is 4. The van der Waals surface area contributed by atoms with Crippen LogP contribution in [0.4, 0.5) is 5.69 Å². The van der Waals surface area contributed by atoms with Crippen LogP contribution < -0.4 is 11.3 Å². The molecule has 3 N–H and O–H groups in total. The Bertz CT molecular complexity index is 1060. The van der Waals surface area contributed by atoms with Crippen molar-refractivity contribution in [1.82, 2.24) is 4.57 Å². The molecule has 0 bridgehead atoms. The lowest BCUT2D eigenvalue weighted by molar-refractivity contribution is 0.236. The number of aliphatic hydroxyl groups excluding tert-OH is 1. The molecule has 1 heterocycles. The van der Waals surface area contributed by atoms with Crippen molar-refractivity contribution >= 4 is 33.9 Å². The highest BCUT2D eigenvalue weighted by molar-refractivity contribution is 6.31. The van der Waals surface area contributed by atoms with E-state index in [1.165, 1.54) is 4.57 Å². The normalized spacial score (nSPS) is 13.2. The van der Waals surface area contributed by atoms with Crippen molar-refractivity contribution in [2.45, 2.75) is 19.9 Å². The molecule has 0 amide bonds. The molecular formula is C20H20ClN3O2. The number of amidine groups is 1. The number of aryl methyl sites for hydroxylation is 1. The van der Waals surface area contributed by atoms with Crippen LogP contribution in [0.5, 0.6) is 0 Å². The average molecular weight is 370 g/mol. The Morgan fingerprint density at radius 1 is 1.27 bits per heavy atom. The van der Waals surface area contributed by atoms with Crippen molar-refractivity contribution in [1.29, 1.82) is 0 Å². The van der Waals surface area contributed by atoms with E-state index in [1.54, 1.807) is 31.3 Å². The highest BCUT2D eigenvalue weighted by Crippen LogP contribution is 2.25. The first-order chi connectivity index (χ1) is 12.4. The quantitative estimate of drug-likeness (QED) is 0.545. The SMILES string of the molecule is Cc1ccc(C(N)=Nc2cccc3c(=O)n(C(C)CO)ccc23)cc1Cl. The fourth-order valence-corrected chi connectivity index (χ4v) is 2.94. The van der Waals surface area contributed by atoms with Crippen molar-refractivity contribution in [3.8, 4) is 0 Å². The van der Waals surface area contributed by atoms with E-state index in [9.17, 15) is 9.90 Å². The first-order valence-corrected chi connectivity index (χ1v) is 8.65. The summed E-state index contributed by atoms with van der Waals surface area (Å²) in [4.78, 5) is 17.2. The van der Waals surface area contributed by atoms with Crippen LogP contribution in [0.3, 0.4) is 0 Å². The van der Waals surface area contributed by atoms with Crippen LogP contribution in [0.25, 0.3) is 10.8 Å². The molecule has 1 atom stereocenters. The number of aliphatic imine (C=N–C) groups is 1. The highest BCUT2D eigenvalue weighted by Gasteiger charge is 2.11. The van der Waals surface area contributed by atoms with Crippen molar-refractivity contribution in [3.05, 3.63) is 75.2 Å². The van der Waals surface area contributed by atoms with Gasteiger partial charge in [-0.3, -0.25) is 4.79 Å². The van der Waals surface area contributed by atoms with Gasteiger partial charge in [0.15, 0.2) is 0 Å². The zero-order valence-electron chi connectivity index (χ0n) is 14.6. The number of nitrogens with two attached hydrogens (primary N) is 1. The minimum atomic E-state index is -0.293. The Morgan fingerprint density at radius 2 is 2.04 bits per heavy atom. The molecule has 26 heavy (non-hydrogen) atoms. The molecule has 0 fully saturated rings. The summed E-state index contributed by atoms with van der Waals surface area (Å²) in [5.74, 6) is 0.326. The summed E-state index contributed by atoms with van der Waals surface area (Å²) < 4.78 is 1.51. The van der Waals surface area contributed by atoms with Gasteiger partial charge in [-0.2, -0.15) is 0 Å². The van der Waals surface area contributed by atoms with E-state index in [4.69, 9.17) is 17.3 Å². The van der Waals surface area contributed by atoms with Gasteiger partial charge in [-0.05, 0) is 43.7 Å². The zero-order valence-corrected chi connectivity index (χ0v) is 15.4. The number of hydrogen-bond acceptors (Lipinski definition) is 3. The molecule has 3 aromatic rings. The predicted octanol–water partition coefficient (Wildman–Crippen LogP) is 3.55. The van der Waals surface area contributed by atoms with Crippen LogP contribution in [0.15, 0.2) is 58.4 Å². The molecule has 2 aromatic carbocycles. The molecule has 5 nitrogen and oxygen atoms in total. The Morgan fingerprint density at radius 3 is 2.73 bits per heavy atom. The van der Waals surface area contributed by atoms with E-state index in [-0.39, 0.29) is 18.2 Å². The molecule has 0 spiro atoms. The lowest BCUT2D eigenvalue weighted by Gasteiger charge is -2.13. The third kappa shape index (κ3) is 3.36. The van der Waals surface area contributed by atoms with Crippen LogP contribution in [0.1, 0.15) is 24.1 Å². The minimum Gasteiger partial charge on any atom is -0.394 e. The fraction of sp³-hybridized carbons (Fsp3) is 0.200. The van der Waals surface area contributed by atoms with E-state index in [0.717, 1.165) is 11.1 Å². The number of hydrogen-bond donors (Lipinski definition) is 2. The van der Waals surface area contributed by atoms with E-state index >= 15 is 0 Å². The van der Waals surface area contributed by atoms with Gasteiger partial charge in [-0.15, -0.1) is 0 Å². The lowest BCUT2D eigenvalue weighted by Crippen LogP contribution is -2.24. The monoisotopic (exact) mass is 369 g/mol. The number of benzene rings is 2. The summed E-state index contributed by atoms with van der Waals surface area (Å²) >= 11 is 6.16. The lowest BCUT2D eigenvalue weighted by atomic mass is 10.1. The van der Waals surface area contributed by atoms with Gasteiger partial charge in [0, 0.05) is 27.6 Å². The molecule has 134 valence electrons. The highest BCUT2D eigenvalue weighted by atomic mass is 35.5. The van der Waals surface area contributed by atoms with Gasteiger partial charge in [-0.1, -0.05) is 29.8 Å². The van der Waals surface area contributed by atoms with E-state index < -0.39 is 0 Å². The third-order valence-electron chi connectivity index (χ3n) is 4.40. The summed E-state index contributed by atoms with van der Waals surface area (Å²) in [6.07, 6.45) is 1.67. The number of halogens is 1. The molecule has 0 aliphatic rings. The summed E-state index contributed by atoms with van der Waals surface area (Å²) in [6, 6.07) is 12.4. The van der Waals surface area contributed by atoms with Crippen molar-refractivity contribution in [2.75, 3.05) is 6.61 Å². The Balaban J connectivity index is 2.12. The zero-order chi connectivity index (χ0) is 18.8. The number of nitrogens with zero attached hydrogens (tertiary/aromatic N) is 2. The van der Waals surface area contributed by atoms with Crippen molar-refractivity contribution < 1.29 is 5.11 Å². The molecule has 0 saturated heterocycles. The largest absolute Gasteiger partial charge is 0.394 e. The second-order valence-electron chi connectivity index (χ2n) is 6.26. The van der Waals surface area contributed by atoms with Gasteiger partial charge in [-0.25, -0.2) is 4.99 Å². The Labute approximate surface area is 156 Å². The van der Waals surface area contributed by atoms with E-state index in [2.05, 4.69) is 4.99 Å². The van der Waals surface area contributed by atoms with Gasteiger partial charge in [0.2, 0.25) is 0 Å². The Hall–Kier alpha value is -2.63. The molecule has 0 radical (unpaired) electrons. The first-order valence-electron chi connectivity index (χ1n) is 8.27. The molecule has 3 rings (SSSR count). The average Bonchev–Trinajstić information content (AvgIpc) is 2.64. The van der Waals surface area contributed by atoms with Crippen molar-refractivity contribution in [3.63, 3.8) is 0 Å². The molecule has 0 saturated carbocycles. The number of aliphatic hydroxyl groups is 1. The second-order valence-corrected chi connectivity index (χ2v) is 6.67. The topological polar surface area (TPSA) is 80.6 Å². The van der Waals surface area contributed by atoms with Gasteiger partial charge in [0.05, 0.1) is 18.3 Å². The van der Waals surface area contributed by atoms with Gasteiger partial charge >= 0.3 is 0 Å². The minimum absolute atomic E-state index is 0.107. The summed E-state index contributed by atoms with van der Waals surface area (Å²) in [5, 5.41) is 11.2. The molecule has 1 unspecified atom stereocenters. The maximum absolute atomic E-state index is 12.7. The van der Waals surface area contributed by atoms with Crippen LogP contribution in [-0.4, -0.2) is 22.1 Å². The second kappa shape index (κ2) is 7.32. The number of pyridine rings is 1. The van der Waals surface area contributed by atoms with Gasteiger partial charge < -0.3 is 15.4 Å². The number of aromatic nitrogens is 1. The molecule has 0 aliphatic heterocycles. The van der Waals surface area contributed by atoms with Crippen LogP contribution in [-0.2, 0) is 0 Å². The number of fused-ring (bicyclic) bond motifs is 1. The maximum Gasteiger partial charge on any atom is 0.258 e. The molecule has 0 aliphatic carbocycles. The third-order valence-corrected chi connectivity index (χ3v) is 4.80. The smallest absolute Gasteiger partial charge is 0.258 e. The standard InChI is InChI=1S/C20H20ClN3O2/c1-12-6-7-14(10-17(12)21)19(22)23-18-5-3-4-16-15(18)8-9-24(20(16)26)13(2)11-25/h3-10,13,25H,11H2,1-2H3,(H2,22,23). The van der Waals surface area contributed by atoms with Gasteiger partial charge in [0.1, 0.15) is 5.84 Å². The summed E-state index contributed by atoms with van der Waals surface area (Å²) in [6.45, 7) is 3.60. The fourth-order valence-electron chi connectivity index (χ4n) is 2.76. The maximum atomic E-state index is 12.7. The molecule has 1 aromatic heterocycles. The van der Waals surface area contributed by atoms with Crippen LogP contribution >= 0.6 is 11.6 Å². The van der Waals surface area contributed by atoms with Gasteiger partial charge in [0.25, 0.3) is 5.56 Å². The van der Waals surface area contributed by atoms with Crippen LogP contribution in [0.2, 0.25) is 5.02 Å². The van der Waals surface area contributed by atoms with E-state index in [0.29, 0.717) is 27.3 Å². The van der Waals surface area contributed by atoms with Crippen molar-refractivity contribution in [2.24, 2.45) is 10.7 Å². The Kier molecular flexibility index (Phi) is 5.11. The molecule has 6 heteroatoms. The molecular weight excluding hydrogens is 350 g/mol. The summed E-state index contributed by atoms with van der Waals surface area (Å²) in [5.41, 5.74) is 8.28. The predicted molar refractivity (Wildman–Crippen MR) is 107 cm³/mol. The van der Waals surface area contributed by atoms with E-state index in [1.807, 2.05) is 31.2 Å². The first kappa shape index (κ1) is 18.2. The summed E-state index contributed by atoms with van der Waals surface area (Å²) in [7, 11) is 0. The van der Waals surface area contributed by atoms with Crippen LogP contribution in [0, 0.1) is 6.92 Å².